The first kappa shape index (κ1) is 20.0. The van der Waals surface area contributed by atoms with E-state index in [2.05, 4.69) is 0 Å². The predicted octanol–water partition coefficient (Wildman–Crippen LogP) is 2.58. The molecule has 0 spiro atoms. The summed E-state index contributed by atoms with van der Waals surface area (Å²) in [6, 6.07) is 0. The highest BCUT2D eigenvalue weighted by molar-refractivity contribution is 6.93. The maximum Gasteiger partial charge on any atom is 0.283 e. The van der Waals surface area contributed by atoms with Gasteiger partial charge >= 0.3 is 0 Å². The third kappa shape index (κ3) is 4.76. The minimum Gasteiger partial charge on any atom is -0.440 e. The zero-order valence-corrected chi connectivity index (χ0v) is 14.8. The molecule has 0 aliphatic heterocycles. The van der Waals surface area contributed by atoms with Crippen LogP contribution in [0.1, 0.15) is 55.4 Å². The van der Waals surface area contributed by atoms with Crippen molar-refractivity contribution in [2.45, 2.75) is 77.8 Å². The van der Waals surface area contributed by atoms with E-state index in [1.54, 1.807) is 29.0 Å². The molecule has 0 saturated carbocycles. The van der Waals surface area contributed by atoms with E-state index in [4.69, 9.17) is 18.8 Å². The molecule has 6 heteroatoms. The molecule has 0 bridgehead atoms. The van der Waals surface area contributed by atoms with Crippen molar-refractivity contribution in [3.63, 3.8) is 0 Å². The van der Waals surface area contributed by atoms with Crippen molar-refractivity contribution in [1.29, 1.82) is 0 Å². The SMILES string of the molecule is COC(C)(C)C(C)(C)O[B][B]OC(C)(C)C(C)(C)OC. The lowest BCUT2D eigenvalue weighted by Crippen LogP contribution is -2.52. The molecule has 0 heterocycles. The summed E-state index contributed by atoms with van der Waals surface area (Å²) in [6.07, 6.45) is 0. The normalized spacial score (nSPS) is 14.3. The van der Waals surface area contributed by atoms with Gasteiger partial charge in [-0.05, 0) is 55.4 Å². The summed E-state index contributed by atoms with van der Waals surface area (Å²) >= 11 is 0. The van der Waals surface area contributed by atoms with Gasteiger partial charge in [-0.3, -0.25) is 0 Å². The second-order valence-electron chi connectivity index (χ2n) is 6.96. The van der Waals surface area contributed by atoms with E-state index < -0.39 is 22.4 Å². The van der Waals surface area contributed by atoms with Crippen molar-refractivity contribution in [3.05, 3.63) is 0 Å². The first-order valence-corrected chi connectivity index (χ1v) is 6.94. The van der Waals surface area contributed by atoms with Crippen LogP contribution in [-0.2, 0) is 18.8 Å². The molecule has 0 atom stereocenters. The highest BCUT2D eigenvalue weighted by Crippen LogP contribution is 2.29. The molecule has 0 aliphatic rings. The molecule has 0 aliphatic carbocycles. The Morgan fingerprint density at radius 2 is 0.750 bits per heavy atom. The van der Waals surface area contributed by atoms with Crippen LogP contribution in [0, 0.1) is 0 Å². The molecule has 4 nitrogen and oxygen atoms in total. The zero-order valence-electron chi connectivity index (χ0n) is 14.8. The Morgan fingerprint density at radius 1 is 0.500 bits per heavy atom. The second-order valence-corrected chi connectivity index (χ2v) is 6.96. The van der Waals surface area contributed by atoms with E-state index in [0.29, 0.717) is 0 Å². The molecule has 116 valence electrons. The molecule has 0 unspecified atom stereocenters. The van der Waals surface area contributed by atoms with Crippen LogP contribution in [0.2, 0.25) is 0 Å². The summed E-state index contributed by atoms with van der Waals surface area (Å²) < 4.78 is 22.4. The van der Waals surface area contributed by atoms with Gasteiger partial charge in [0.2, 0.25) is 0 Å². The number of methoxy groups -OCH3 is 2. The van der Waals surface area contributed by atoms with E-state index in [9.17, 15) is 0 Å². The van der Waals surface area contributed by atoms with Gasteiger partial charge in [0, 0.05) is 14.2 Å². The van der Waals surface area contributed by atoms with Crippen LogP contribution in [0.5, 0.6) is 0 Å². The highest BCUT2D eigenvalue weighted by atomic mass is 16.5. The molecule has 20 heavy (non-hydrogen) atoms. The van der Waals surface area contributed by atoms with Crippen LogP contribution in [0.25, 0.3) is 0 Å². The van der Waals surface area contributed by atoms with Crippen LogP contribution in [0.15, 0.2) is 0 Å². The van der Waals surface area contributed by atoms with Gasteiger partial charge in [-0.1, -0.05) is 0 Å². The Bertz CT molecular complexity index is 272. The Labute approximate surface area is 126 Å². The van der Waals surface area contributed by atoms with Gasteiger partial charge in [-0.2, -0.15) is 0 Å². The van der Waals surface area contributed by atoms with Crippen LogP contribution in [0.4, 0.5) is 0 Å². The van der Waals surface area contributed by atoms with Crippen LogP contribution < -0.4 is 0 Å². The van der Waals surface area contributed by atoms with Crippen LogP contribution >= 0.6 is 0 Å². The summed E-state index contributed by atoms with van der Waals surface area (Å²) in [5.74, 6) is 0. The van der Waals surface area contributed by atoms with Crippen molar-refractivity contribution in [2.75, 3.05) is 14.2 Å². The molecule has 0 aromatic carbocycles. The fraction of sp³-hybridized carbons (Fsp3) is 1.00. The summed E-state index contributed by atoms with van der Waals surface area (Å²) in [5.41, 5.74) is -1.75. The molecule has 0 saturated heterocycles. The van der Waals surface area contributed by atoms with E-state index in [1.807, 2.05) is 55.4 Å². The molecule has 0 rings (SSSR count). The minimum absolute atomic E-state index is 0.404. The van der Waals surface area contributed by atoms with E-state index in [-0.39, 0.29) is 0 Å². The number of ether oxygens (including phenoxy) is 2. The van der Waals surface area contributed by atoms with Crippen LogP contribution in [0.3, 0.4) is 0 Å². The molecular weight excluding hydrogens is 254 g/mol. The Hall–Kier alpha value is -0.0301. The number of rotatable bonds is 9. The van der Waals surface area contributed by atoms with Gasteiger partial charge in [-0.15, -0.1) is 0 Å². The van der Waals surface area contributed by atoms with Crippen molar-refractivity contribution in [3.8, 4) is 0 Å². The quantitative estimate of drug-likeness (QED) is 0.481. The van der Waals surface area contributed by atoms with Gasteiger partial charge in [0.15, 0.2) is 0 Å². The zero-order chi connectivity index (χ0) is 16.2. The second kappa shape index (κ2) is 6.82. The average molecular weight is 284 g/mol. The van der Waals surface area contributed by atoms with Crippen molar-refractivity contribution < 1.29 is 18.8 Å². The Morgan fingerprint density at radius 3 is 0.950 bits per heavy atom. The third-order valence-electron chi connectivity index (χ3n) is 4.70. The lowest BCUT2D eigenvalue weighted by atomic mass is 9.62. The molecule has 0 aromatic heterocycles. The topological polar surface area (TPSA) is 36.9 Å². The van der Waals surface area contributed by atoms with Crippen LogP contribution in [-0.4, -0.2) is 51.4 Å². The van der Waals surface area contributed by atoms with Gasteiger partial charge in [0.25, 0.3) is 14.7 Å². The predicted molar refractivity (Wildman–Crippen MR) is 84.0 cm³/mol. The highest BCUT2D eigenvalue weighted by Gasteiger charge is 2.40. The summed E-state index contributed by atoms with van der Waals surface area (Å²) in [4.78, 5) is 0. The molecule has 0 N–H and O–H groups in total. The molecular formula is C14H30B2O4. The number of hydrogen-bond donors (Lipinski definition) is 0. The van der Waals surface area contributed by atoms with Gasteiger partial charge in [0.05, 0.1) is 22.4 Å². The fourth-order valence-corrected chi connectivity index (χ4v) is 1.17. The maximum atomic E-state index is 5.76. The standard InChI is InChI=1S/C14H30B2O4/c1-11(2,17-9)13(5,6)19-15-16-20-14(7,8)12(3,4)18-10/h1-10H3. The monoisotopic (exact) mass is 284 g/mol. The Kier molecular flexibility index (Phi) is 6.81. The van der Waals surface area contributed by atoms with Crippen molar-refractivity contribution >= 4 is 14.7 Å². The molecule has 0 fully saturated rings. The lowest BCUT2D eigenvalue weighted by molar-refractivity contribution is -0.118. The van der Waals surface area contributed by atoms with E-state index in [0.717, 1.165) is 0 Å². The first-order chi connectivity index (χ1) is 8.83. The van der Waals surface area contributed by atoms with E-state index >= 15 is 0 Å². The lowest BCUT2D eigenvalue weighted by Gasteiger charge is -2.42. The fourth-order valence-electron chi connectivity index (χ4n) is 1.17. The summed E-state index contributed by atoms with van der Waals surface area (Å²) in [7, 11) is 6.48. The van der Waals surface area contributed by atoms with Gasteiger partial charge < -0.3 is 18.8 Å². The summed E-state index contributed by atoms with van der Waals surface area (Å²) in [5, 5.41) is 0. The number of hydrogen-bond acceptors (Lipinski definition) is 4. The average Bonchev–Trinajstić information content (AvgIpc) is 2.34. The van der Waals surface area contributed by atoms with E-state index in [1.165, 1.54) is 0 Å². The molecule has 0 aromatic rings. The minimum atomic E-state index is -0.470. The van der Waals surface area contributed by atoms with Crippen molar-refractivity contribution in [2.24, 2.45) is 0 Å². The van der Waals surface area contributed by atoms with Crippen molar-refractivity contribution in [1.82, 2.24) is 0 Å². The Balaban J connectivity index is 4.35. The van der Waals surface area contributed by atoms with Gasteiger partial charge in [0.1, 0.15) is 0 Å². The molecule has 2 radical (unpaired) electrons. The third-order valence-corrected chi connectivity index (χ3v) is 4.70. The molecule has 0 amide bonds. The van der Waals surface area contributed by atoms with Gasteiger partial charge in [-0.25, -0.2) is 0 Å². The smallest absolute Gasteiger partial charge is 0.283 e. The first-order valence-electron chi connectivity index (χ1n) is 6.94. The maximum absolute atomic E-state index is 5.76. The largest absolute Gasteiger partial charge is 0.440 e. The summed E-state index contributed by atoms with van der Waals surface area (Å²) in [6.45, 7) is 15.9.